The Labute approximate surface area is 325 Å². The van der Waals surface area contributed by atoms with Crippen LogP contribution in [0.3, 0.4) is 0 Å². The van der Waals surface area contributed by atoms with E-state index in [1.807, 2.05) is 48.2 Å². The van der Waals surface area contributed by atoms with Gasteiger partial charge in [0.05, 0.1) is 38.4 Å². The number of rotatable bonds is 10. The number of piperazine rings is 1. The maximum absolute atomic E-state index is 15.1. The number of methoxy groups -OCH3 is 1. The van der Waals surface area contributed by atoms with Crippen LogP contribution in [0.4, 0.5) is 0 Å². The highest BCUT2D eigenvalue weighted by molar-refractivity contribution is 6.74. The van der Waals surface area contributed by atoms with Crippen LogP contribution in [0.15, 0.2) is 72.4 Å². The predicted octanol–water partition coefficient (Wildman–Crippen LogP) is 9.06. The van der Waals surface area contributed by atoms with E-state index in [-0.39, 0.29) is 30.4 Å². The van der Waals surface area contributed by atoms with Gasteiger partial charge in [0.2, 0.25) is 12.7 Å². The molecule has 0 aliphatic carbocycles. The van der Waals surface area contributed by atoms with Crippen LogP contribution in [0, 0.1) is 13.8 Å². The summed E-state index contributed by atoms with van der Waals surface area (Å²) in [5.74, 6) is 3.53. The highest BCUT2D eigenvalue weighted by Crippen LogP contribution is 2.59. The molecule has 4 aliphatic rings. The summed E-state index contributed by atoms with van der Waals surface area (Å²) < 4.78 is 39.2. The van der Waals surface area contributed by atoms with Gasteiger partial charge in [0, 0.05) is 28.0 Å². The number of nitrogens with zero attached hydrogens (tertiary/aromatic N) is 2. The van der Waals surface area contributed by atoms with E-state index in [2.05, 4.69) is 89.1 Å². The van der Waals surface area contributed by atoms with Crippen LogP contribution in [0.2, 0.25) is 18.1 Å². The second kappa shape index (κ2) is 14.1. The molecule has 1 fully saturated rings. The summed E-state index contributed by atoms with van der Waals surface area (Å²) >= 11 is 0. The molecule has 0 unspecified atom stereocenters. The van der Waals surface area contributed by atoms with Gasteiger partial charge in [0.15, 0.2) is 23.0 Å². The molecule has 4 aromatic carbocycles. The Bertz CT molecular complexity index is 2160. The molecule has 10 heteroatoms. The molecule has 3 atom stereocenters. The molecule has 1 amide bonds. The summed E-state index contributed by atoms with van der Waals surface area (Å²) in [6, 6.07) is 21.2. The van der Waals surface area contributed by atoms with Crippen LogP contribution >= 0.6 is 0 Å². The van der Waals surface area contributed by atoms with Gasteiger partial charge in [-0.2, -0.15) is 0 Å². The lowest BCUT2D eigenvalue weighted by Crippen LogP contribution is -2.60. The number of carbonyl (C=O) groups excluding carboxylic acids is 1. The SMILES string of the molecule is COc1c(C)cc2c(c1OCc1ccccc1)[C@@H]1C3=Cc4c(O[Si](C)(C)C(C)(C)C)c(C)c5c(c4[C@H](COCc4ccccc4)N3C(=O)[C@@H](C2)N1C)OCO5. The van der Waals surface area contributed by atoms with Crippen molar-refractivity contribution in [2.45, 2.75) is 90.5 Å². The van der Waals surface area contributed by atoms with Crippen molar-refractivity contribution in [3.8, 4) is 28.7 Å². The minimum atomic E-state index is -2.37. The van der Waals surface area contributed by atoms with Gasteiger partial charge in [-0.1, -0.05) is 87.5 Å². The summed E-state index contributed by atoms with van der Waals surface area (Å²) in [6.07, 6.45) is 2.70. The van der Waals surface area contributed by atoms with E-state index in [1.54, 1.807) is 7.11 Å². The monoisotopic (exact) mass is 760 g/mol. The molecule has 1 saturated heterocycles. The average Bonchev–Trinajstić information content (AvgIpc) is 3.65. The zero-order chi connectivity index (χ0) is 38.8. The van der Waals surface area contributed by atoms with Gasteiger partial charge in [-0.15, -0.1) is 0 Å². The van der Waals surface area contributed by atoms with Crippen LogP contribution in [-0.4, -0.2) is 57.6 Å². The lowest BCUT2D eigenvalue weighted by Gasteiger charge is -2.53. The molecule has 2 bridgehead atoms. The largest absolute Gasteiger partial charge is 0.543 e. The highest BCUT2D eigenvalue weighted by atomic mass is 28.4. The van der Waals surface area contributed by atoms with Crippen LogP contribution in [0.25, 0.3) is 6.08 Å². The predicted molar refractivity (Wildman–Crippen MR) is 215 cm³/mol. The summed E-state index contributed by atoms with van der Waals surface area (Å²) in [7, 11) is 1.38. The normalized spacial score (nSPS) is 20.0. The number of fused-ring (bicyclic) bond motifs is 9. The number of aryl methyl sites for hydroxylation is 1. The molecule has 55 heavy (non-hydrogen) atoms. The smallest absolute Gasteiger partial charge is 0.250 e. The molecular formula is C45H52N2O7Si. The van der Waals surface area contributed by atoms with Crippen molar-refractivity contribution < 1.29 is 32.9 Å². The van der Waals surface area contributed by atoms with Gasteiger partial charge in [0.25, 0.3) is 8.32 Å². The van der Waals surface area contributed by atoms with Crippen LogP contribution in [-0.2, 0) is 29.2 Å². The van der Waals surface area contributed by atoms with E-state index in [4.69, 9.17) is 28.1 Å². The number of hydrogen-bond acceptors (Lipinski definition) is 8. The maximum Gasteiger partial charge on any atom is 0.250 e. The fourth-order valence-corrected chi connectivity index (χ4v) is 9.40. The molecule has 8 rings (SSSR count). The number of benzene rings is 4. The van der Waals surface area contributed by atoms with E-state index in [1.165, 1.54) is 0 Å². The van der Waals surface area contributed by atoms with Gasteiger partial charge in [-0.05, 0) is 73.8 Å². The molecule has 288 valence electrons. The van der Waals surface area contributed by atoms with Gasteiger partial charge in [0.1, 0.15) is 12.4 Å². The van der Waals surface area contributed by atoms with Crippen molar-refractivity contribution >= 4 is 20.3 Å². The van der Waals surface area contributed by atoms with Gasteiger partial charge < -0.3 is 33.0 Å². The standard InChI is InChI=1S/C45H52N2O7Si/c1-27-20-31-21-34-44(48)47-33(38(46(34)6)36(31)42(39(27)49-7)51-24-30-18-14-11-15-19-30)22-32-37(35(47)25-50-23-29-16-12-10-13-17-29)43-41(52-26-53-43)28(2)40(32)54-55(8,9)45(3,4)5/h10-20,22,34-35,38H,21,23-26H2,1-9H3/t34-,35+,38+/m1/s1. The lowest BCUT2D eigenvalue weighted by molar-refractivity contribution is -0.145. The highest BCUT2D eigenvalue weighted by Gasteiger charge is 2.54. The minimum Gasteiger partial charge on any atom is -0.543 e. The Morgan fingerprint density at radius 1 is 0.873 bits per heavy atom. The summed E-state index contributed by atoms with van der Waals surface area (Å²) in [5.41, 5.74) is 8.70. The second-order valence-electron chi connectivity index (χ2n) is 16.7. The van der Waals surface area contributed by atoms with Crippen LogP contribution in [0.1, 0.15) is 77.4 Å². The number of amides is 1. The van der Waals surface area contributed by atoms with Crippen LogP contribution in [0.5, 0.6) is 28.7 Å². The summed E-state index contributed by atoms with van der Waals surface area (Å²) in [4.78, 5) is 19.3. The molecule has 4 aliphatic heterocycles. The molecule has 0 aromatic heterocycles. The number of ether oxygens (including phenoxy) is 5. The third-order valence-corrected chi connectivity index (χ3v) is 16.5. The summed E-state index contributed by atoms with van der Waals surface area (Å²) in [5, 5.41) is -0.0648. The van der Waals surface area contributed by atoms with Crippen molar-refractivity contribution in [2.75, 3.05) is 27.6 Å². The molecular weight excluding hydrogens is 709 g/mol. The van der Waals surface area contributed by atoms with E-state index in [0.29, 0.717) is 42.6 Å². The number of hydrogen-bond donors (Lipinski definition) is 0. The Morgan fingerprint density at radius 2 is 1.53 bits per heavy atom. The third kappa shape index (κ3) is 6.28. The topological polar surface area (TPSA) is 78.9 Å². The minimum absolute atomic E-state index is 0.0231. The molecule has 4 heterocycles. The van der Waals surface area contributed by atoms with E-state index >= 15 is 4.79 Å². The molecule has 0 radical (unpaired) electrons. The van der Waals surface area contributed by atoms with E-state index in [9.17, 15) is 0 Å². The van der Waals surface area contributed by atoms with Crippen molar-refractivity contribution in [3.63, 3.8) is 0 Å². The zero-order valence-corrected chi connectivity index (χ0v) is 34.4. The Balaban J connectivity index is 1.34. The maximum atomic E-state index is 15.1. The molecule has 9 nitrogen and oxygen atoms in total. The van der Waals surface area contributed by atoms with Gasteiger partial charge in [-0.25, -0.2) is 0 Å². The lowest BCUT2D eigenvalue weighted by atomic mass is 9.78. The third-order valence-electron chi connectivity index (χ3n) is 12.2. The fourth-order valence-electron chi connectivity index (χ4n) is 8.32. The first-order chi connectivity index (χ1) is 26.3. The first-order valence-corrected chi connectivity index (χ1v) is 22.1. The van der Waals surface area contributed by atoms with Gasteiger partial charge >= 0.3 is 0 Å². The first kappa shape index (κ1) is 37.2. The quantitative estimate of drug-likeness (QED) is 0.148. The second-order valence-corrected chi connectivity index (χ2v) is 21.4. The number of likely N-dealkylation sites (N-methyl/N-ethyl adjacent to an activating group) is 1. The first-order valence-electron chi connectivity index (χ1n) is 19.2. The van der Waals surface area contributed by atoms with E-state index in [0.717, 1.165) is 56.0 Å². The Morgan fingerprint density at radius 3 is 2.18 bits per heavy atom. The molecule has 0 N–H and O–H groups in total. The van der Waals surface area contributed by atoms with Gasteiger partial charge in [-0.3, -0.25) is 9.69 Å². The molecule has 0 saturated carbocycles. The van der Waals surface area contributed by atoms with Crippen molar-refractivity contribution in [3.05, 3.63) is 117 Å². The Kier molecular flexibility index (Phi) is 9.50. The fraction of sp³-hybridized carbons (Fsp3) is 0.400. The molecule has 0 spiro atoms. The van der Waals surface area contributed by atoms with E-state index < -0.39 is 20.4 Å². The van der Waals surface area contributed by atoms with Crippen molar-refractivity contribution in [2.24, 2.45) is 0 Å². The number of carbonyl (C=O) groups is 1. The summed E-state index contributed by atoms with van der Waals surface area (Å²) in [6.45, 7) is 16.5. The average molecular weight is 761 g/mol. The zero-order valence-electron chi connectivity index (χ0n) is 33.4. The van der Waals surface area contributed by atoms with Crippen LogP contribution < -0.4 is 23.4 Å². The molecule has 4 aromatic rings. The van der Waals surface area contributed by atoms with Crippen molar-refractivity contribution in [1.29, 1.82) is 0 Å². The Hall–Kier alpha value is -4.77. The van der Waals surface area contributed by atoms with Crippen molar-refractivity contribution in [1.82, 2.24) is 9.80 Å².